The molecule has 2 saturated heterocycles. The maximum Gasteiger partial charge on any atom is 0.416 e. The number of fused-ring (bicyclic) bond motifs is 1. The highest BCUT2D eigenvalue weighted by atomic mass is 19.4. The molecule has 0 radical (unpaired) electrons. The van der Waals surface area contributed by atoms with E-state index in [4.69, 9.17) is 4.74 Å². The van der Waals surface area contributed by atoms with Crippen LogP contribution in [0.2, 0.25) is 0 Å². The molecule has 12 heteroatoms. The van der Waals surface area contributed by atoms with Crippen molar-refractivity contribution < 1.29 is 45.1 Å². The van der Waals surface area contributed by atoms with Crippen LogP contribution in [0.4, 0.5) is 30.7 Å². The van der Waals surface area contributed by atoms with Crippen molar-refractivity contribution in [2.75, 3.05) is 6.54 Å². The van der Waals surface area contributed by atoms with Crippen molar-refractivity contribution in [3.63, 3.8) is 0 Å². The van der Waals surface area contributed by atoms with Gasteiger partial charge < -0.3 is 15.0 Å². The fourth-order valence-corrected chi connectivity index (χ4v) is 6.06. The summed E-state index contributed by atoms with van der Waals surface area (Å²) in [5.41, 5.74) is -3.34. The van der Waals surface area contributed by atoms with Crippen LogP contribution in [0.3, 0.4) is 0 Å². The van der Waals surface area contributed by atoms with E-state index < -0.39 is 59.0 Å². The molecule has 0 spiro atoms. The number of rotatable bonds is 6. The number of alkyl halides is 6. The Hall–Kier alpha value is -3.15. The first-order valence-electron chi connectivity index (χ1n) is 13.2. The largest absolute Gasteiger partial charge is 0.416 e. The van der Waals surface area contributed by atoms with Gasteiger partial charge in [-0.15, -0.1) is 0 Å². The Kier molecular flexibility index (Phi) is 8.20. The van der Waals surface area contributed by atoms with Crippen LogP contribution in [0.15, 0.2) is 42.5 Å². The van der Waals surface area contributed by atoms with Gasteiger partial charge >= 0.3 is 12.4 Å². The summed E-state index contributed by atoms with van der Waals surface area (Å²) in [5, 5.41) is 2.88. The van der Waals surface area contributed by atoms with Crippen molar-refractivity contribution in [2.45, 2.75) is 82.6 Å². The third kappa shape index (κ3) is 6.68. The van der Waals surface area contributed by atoms with E-state index in [2.05, 4.69) is 5.32 Å². The summed E-state index contributed by atoms with van der Waals surface area (Å²) >= 11 is 0. The number of halogens is 7. The average Bonchev–Trinajstić information content (AvgIpc) is 3.21. The highest BCUT2D eigenvalue weighted by Gasteiger charge is 2.51. The fourth-order valence-electron chi connectivity index (χ4n) is 6.06. The van der Waals surface area contributed by atoms with Crippen molar-refractivity contribution in [3.05, 3.63) is 70.5 Å². The van der Waals surface area contributed by atoms with Crippen LogP contribution in [0.5, 0.6) is 0 Å². The van der Waals surface area contributed by atoms with E-state index in [1.165, 1.54) is 38.1 Å². The minimum atomic E-state index is -5.01. The second-order valence-electron chi connectivity index (χ2n) is 11.4. The highest BCUT2D eigenvalue weighted by Crippen LogP contribution is 2.46. The summed E-state index contributed by atoms with van der Waals surface area (Å²) in [4.78, 5) is 26.7. The Morgan fingerprint density at radius 2 is 1.56 bits per heavy atom. The fraction of sp³-hybridized carbons (Fsp3) is 0.517. The zero-order valence-corrected chi connectivity index (χ0v) is 22.9. The van der Waals surface area contributed by atoms with Crippen LogP contribution >= 0.6 is 0 Å². The number of ether oxygens (including phenoxy) is 1. The first-order valence-corrected chi connectivity index (χ1v) is 13.2. The number of carbonyl (C=O) groups excluding carboxylic acids is 2. The van der Waals surface area contributed by atoms with Crippen LogP contribution < -0.4 is 5.32 Å². The smallest absolute Gasteiger partial charge is 0.368 e. The second-order valence-corrected chi connectivity index (χ2v) is 11.4. The number of benzene rings is 2. The maximum atomic E-state index is 13.8. The third-order valence-corrected chi connectivity index (χ3v) is 8.09. The first kappa shape index (κ1) is 30.8. The van der Waals surface area contributed by atoms with Gasteiger partial charge in [0, 0.05) is 37.4 Å². The zero-order valence-electron chi connectivity index (χ0n) is 22.9. The van der Waals surface area contributed by atoms with E-state index in [9.17, 15) is 40.3 Å². The van der Waals surface area contributed by atoms with Gasteiger partial charge in [0.1, 0.15) is 5.82 Å². The Bertz CT molecular complexity index is 1260. The van der Waals surface area contributed by atoms with Gasteiger partial charge in [-0.1, -0.05) is 12.1 Å². The molecule has 4 rings (SSSR count). The molecule has 1 N–H and O–H groups in total. The number of hydrogen-bond donors (Lipinski definition) is 1. The molecular weight excluding hydrogens is 557 g/mol. The van der Waals surface area contributed by atoms with Gasteiger partial charge in [0.2, 0.25) is 11.8 Å². The molecule has 5 atom stereocenters. The summed E-state index contributed by atoms with van der Waals surface area (Å²) in [5.74, 6) is -1.79. The molecule has 2 fully saturated rings. The van der Waals surface area contributed by atoms with Gasteiger partial charge in [-0.2, -0.15) is 26.3 Å². The molecule has 0 aromatic heterocycles. The molecule has 224 valence electrons. The molecule has 0 saturated carbocycles. The molecule has 41 heavy (non-hydrogen) atoms. The molecule has 1 unspecified atom stereocenters. The number of nitrogens with zero attached hydrogens (tertiary/aromatic N) is 1. The quantitative estimate of drug-likeness (QED) is 0.386. The molecule has 2 heterocycles. The van der Waals surface area contributed by atoms with E-state index in [0.717, 1.165) is 0 Å². The Morgan fingerprint density at radius 3 is 2.07 bits per heavy atom. The molecule has 2 aromatic carbocycles. The topological polar surface area (TPSA) is 58.6 Å². The summed E-state index contributed by atoms with van der Waals surface area (Å²) in [6.07, 6.45) is -11.5. The molecular formula is C29H31F7N2O3. The SMILES string of the molecule is CC(=O)NC(C)(C)C1CC(=O)N2C[C@H](O[C@H](C)c3cc(C(F)(F)F)cc(C(F)(F)F)c3)[C@@H](c3ccc(F)cc3)[C@@H]2C1. The molecule has 2 aliphatic rings. The second kappa shape index (κ2) is 10.9. The summed E-state index contributed by atoms with van der Waals surface area (Å²) in [6.45, 7) is 6.41. The summed E-state index contributed by atoms with van der Waals surface area (Å²) in [7, 11) is 0. The molecule has 0 aliphatic carbocycles. The van der Waals surface area contributed by atoms with Crippen molar-refractivity contribution in [1.82, 2.24) is 10.2 Å². The normalized spacial score (nSPS) is 24.3. The van der Waals surface area contributed by atoms with Crippen LogP contribution in [0.1, 0.15) is 74.8 Å². The lowest BCUT2D eigenvalue weighted by atomic mass is 9.74. The monoisotopic (exact) mass is 588 g/mol. The molecule has 2 amide bonds. The van der Waals surface area contributed by atoms with E-state index in [0.29, 0.717) is 24.1 Å². The predicted octanol–water partition coefficient (Wildman–Crippen LogP) is 6.63. The van der Waals surface area contributed by atoms with Crippen molar-refractivity contribution in [1.29, 1.82) is 0 Å². The Morgan fingerprint density at radius 1 is 1.00 bits per heavy atom. The van der Waals surface area contributed by atoms with E-state index >= 15 is 0 Å². The summed E-state index contributed by atoms with van der Waals surface area (Å²) < 4.78 is 101. The molecule has 2 aromatic rings. The number of carbonyl (C=O) groups is 2. The van der Waals surface area contributed by atoms with Crippen molar-refractivity contribution in [3.8, 4) is 0 Å². The van der Waals surface area contributed by atoms with Gasteiger partial charge in [0.15, 0.2) is 0 Å². The average molecular weight is 589 g/mol. The summed E-state index contributed by atoms with van der Waals surface area (Å²) in [6, 6.07) is 6.41. The van der Waals surface area contributed by atoms with E-state index in [1.807, 2.05) is 13.8 Å². The van der Waals surface area contributed by atoms with Crippen molar-refractivity contribution >= 4 is 11.8 Å². The van der Waals surface area contributed by atoms with Crippen LogP contribution in [-0.4, -0.2) is 40.9 Å². The van der Waals surface area contributed by atoms with Crippen LogP contribution in [0, 0.1) is 11.7 Å². The Labute approximate surface area is 233 Å². The number of nitrogens with one attached hydrogen (secondary N) is 1. The van der Waals surface area contributed by atoms with Gasteiger partial charge in [0.25, 0.3) is 0 Å². The predicted molar refractivity (Wildman–Crippen MR) is 135 cm³/mol. The highest BCUT2D eigenvalue weighted by molar-refractivity contribution is 5.79. The van der Waals surface area contributed by atoms with Crippen LogP contribution in [0.25, 0.3) is 0 Å². The van der Waals surface area contributed by atoms with Gasteiger partial charge in [-0.3, -0.25) is 9.59 Å². The zero-order chi connectivity index (χ0) is 30.5. The molecule has 2 aliphatic heterocycles. The lowest BCUT2D eigenvalue weighted by Gasteiger charge is -2.43. The van der Waals surface area contributed by atoms with Gasteiger partial charge in [-0.05, 0) is 74.6 Å². The standard InChI is InChI=1S/C29H31F7N2O3/c1-15(18-9-20(28(31,32)33)11-21(10-18)29(34,35)36)41-24-14-38-23(26(24)17-5-7-22(30)8-6-17)12-19(13-25(38)40)27(3,4)37-16(2)39/h5-11,15,19,23-24,26H,12-14H2,1-4H3,(H,37,39)/t15-,19?,23+,24+,26+/m1/s1. The van der Waals surface area contributed by atoms with Gasteiger partial charge in [0.05, 0.1) is 23.3 Å². The minimum Gasteiger partial charge on any atom is -0.368 e. The number of piperidine rings is 1. The minimum absolute atomic E-state index is 0.0499. The van der Waals surface area contributed by atoms with E-state index in [1.54, 1.807) is 4.90 Å². The molecule has 5 nitrogen and oxygen atoms in total. The first-order chi connectivity index (χ1) is 18.9. The molecule has 0 bridgehead atoms. The number of amides is 2. The van der Waals surface area contributed by atoms with Crippen molar-refractivity contribution in [2.24, 2.45) is 5.92 Å². The number of hydrogen-bond acceptors (Lipinski definition) is 3. The lowest BCUT2D eigenvalue weighted by Crippen LogP contribution is -2.55. The Balaban J connectivity index is 1.70. The third-order valence-electron chi connectivity index (χ3n) is 8.09. The van der Waals surface area contributed by atoms with E-state index in [-0.39, 0.29) is 42.3 Å². The lowest BCUT2D eigenvalue weighted by molar-refractivity contribution is -0.143. The maximum absolute atomic E-state index is 13.8. The van der Waals surface area contributed by atoms with Gasteiger partial charge in [-0.25, -0.2) is 4.39 Å². The van der Waals surface area contributed by atoms with Crippen LogP contribution in [-0.2, 0) is 26.7 Å².